The zero-order valence-electron chi connectivity index (χ0n) is 14.6. The lowest BCUT2D eigenvalue weighted by atomic mass is 10.1. The molecule has 0 fully saturated rings. The zero-order valence-corrected chi connectivity index (χ0v) is 14.6. The number of rotatable bonds is 7. The average molecular weight is 359 g/mol. The molecule has 8 nitrogen and oxygen atoms in total. The molecule has 0 aliphatic rings. The highest BCUT2D eigenvalue weighted by atomic mass is 16.4. The summed E-state index contributed by atoms with van der Waals surface area (Å²) in [6, 6.07) is 9.32. The lowest BCUT2D eigenvalue weighted by Crippen LogP contribution is -2.48. The van der Waals surface area contributed by atoms with Crippen LogP contribution in [0.3, 0.4) is 0 Å². The first kappa shape index (κ1) is 19.2. The van der Waals surface area contributed by atoms with E-state index in [1.54, 1.807) is 13.8 Å². The van der Waals surface area contributed by atoms with Crippen molar-refractivity contribution in [3.8, 4) is 0 Å². The molecule has 0 saturated heterocycles. The topological polar surface area (TPSA) is 110 Å². The van der Waals surface area contributed by atoms with Crippen molar-refractivity contribution in [3.05, 3.63) is 69.0 Å². The van der Waals surface area contributed by atoms with E-state index in [4.69, 9.17) is 5.11 Å². The Morgan fingerprint density at radius 1 is 1.12 bits per heavy atom. The van der Waals surface area contributed by atoms with Gasteiger partial charge in [-0.2, -0.15) is 0 Å². The number of benzene rings is 1. The third-order valence-electron chi connectivity index (χ3n) is 3.89. The molecule has 1 aromatic carbocycles. The first-order valence-electron chi connectivity index (χ1n) is 8.16. The van der Waals surface area contributed by atoms with Crippen LogP contribution in [0.15, 0.2) is 52.2 Å². The van der Waals surface area contributed by atoms with Crippen LogP contribution in [0.1, 0.15) is 19.4 Å². The van der Waals surface area contributed by atoms with Gasteiger partial charge >= 0.3 is 11.7 Å². The molecule has 0 saturated carbocycles. The number of aliphatic carboxylic acids is 1. The molecule has 0 aliphatic heterocycles. The van der Waals surface area contributed by atoms with Crippen LogP contribution < -0.4 is 16.6 Å². The van der Waals surface area contributed by atoms with Gasteiger partial charge in [0.2, 0.25) is 5.91 Å². The van der Waals surface area contributed by atoms with Crippen molar-refractivity contribution in [2.75, 3.05) is 0 Å². The molecule has 0 bridgehead atoms. The first-order chi connectivity index (χ1) is 12.3. The van der Waals surface area contributed by atoms with Crippen LogP contribution in [0.5, 0.6) is 0 Å². The molecular formula is C18H21N3O5. The largest absolute Gasteiger partial charge is 0.480 e. The van der Waals surface area contributed by atoms with Gasteiger partial charge < -0.3 is 10.4 Å². The molecule has 2 N–H and O–H groups in total. The maximum atomic E-state index is 12.5. The minimum atomic E-state index is -1.17. The van der Waals surface area contributed by atoms with E-state index in [1.807, 2.05) is 30.3 Å². The van der Waals surface area contributed by atoms with E-state index in [2.05, 4.69) is 5.32 Å². The maximum absolute atomic E-state index is 12.5. The van der Waals surface area contributed by atoms with Gasteiger partial charge in [-0.15, -0.1) is 0 Å². The molecule has 1 atom stereocenters. The van der Waals surface area contributed by atoms with Crippen molar-refractivity contribution in [3.63, 3.8) is 0 Å². The van der Waals surface area contributed by atoms with Gasteiger partial charge in [-0.25, -0.2) is 9.59 Å². The highest BCUT2D eigenvalue weighted by molar-refractivity contribution is 5.83. The molecule has 138 valence electrons. The molecular weight excluding hydrogens is 338 g/mol. The summed E-state index contributed by atoms with van der Waals surface area (Å²) in [6.45, 7) is 3.02. The zero-order chi connectivity index (χ0) is 19.3. The predicted octanol–water partition coefficient (Wildman–Crippen LogP) is 0.284. The molecule has 1 heterocycles. The molecule has 2 aromatic rings. The Hall–Kier alpha value is -3.16. The number of carboxylic acid groups (broad SMARTS) is 1. The van der Waals surface area contributed by atoms with Gasteiger partial charge in [0, 0.05) is 12.3 Å². The smallest absolute Gasteiger partial charge is 0.331 e. The second kappa shape index (κ2) is 8.28. The molecule has 0 unspecified atom stereocenters. The van der Waals surface area contributed by atoms with Gasteiger partial charge in [0.1, 0.15) is 12.6 Å². The van der Waals surface area contributed by atoms with Gasteiger partial charge in [-0.05, 0) is 11.5 Å². The Morgan fingerprint density at radius 3 is 2.35 bits per heavy atom. The quantitative estimate of drug-likeness (QED) is 0.738. The van der Waals surface area contributed by atoms with E-state index in [0.29, 0.717) is 0 Å². The summed E-state index contributed by atoms with van der Waals surface area (Å²) in [6.07, 6.45) is 1.38. The van der Waals surface area contributed by atoms with Crippen LogP contribution >= 0.6 is 0 Å². The molecule has 1 amide bonds. The van der Waals surface area contributed by atoms with Gasteiger partial charge in [0.05, 0.1) is 6.54 Å². The van der Waals surface area contributed by atoms with Crippen LogP contribution in [-0.2, 0) is 22.7 Å². The molecule has 26 heavy (non-hydrogen) atoms. The van der Waals surface area contributed by atoms with Gasteiger partial charge in [0.15, 0.2) is 0 Å². The Morgan fingerprint density at radius 2 is 1.77 bits per heavy atom. The maximum Gasteiger partial charge on any atom is 0.331 e. The van der Waals surface area contributed by atoms with Gasteiger partial charge in [-0.3, -0.25) is 18.7 Å². The summed E-state index contributed by atoms with van der Waals surface area (Å²) in [7, 11) is 0. The first-order valence-corrected chi connectivity index (χ1v) is 8.16. The number of carbonyl (C=O) groups is 2. The Bertz CT molecular complexity index is 899. The lowest BCUT2D eigenvalue weighted by Gasteiger charge is -2.18. The number of hydrogen-bond donors (Lipinski definition) is 2. The van der Waals surface area contributed by atoms with Gasteiger partial charge in [0.25, 0.3) is 5.56 Å². The van der Waals surface area contributed by atoms with Crippen molar-refractivity contribution in [1.29, 1.82) is 0 Å². The number of amides is 1. The second-order valence-electron chi connectivity index (χ2n) is 6.26. The van der Waals surface area contributed by atoms with E-state index < -0.39 is 35.7 Å². The monoisotopic (exact) mass is 359 g/mol. The summed E-state index contributed by atoms with van der Waals surface area (Å²) in [5.74, 6) is -2.21. The van der Waals surface area contributed by atoms with Crippen LogP contribution in [0, 0.1) is 5.92 Å². The fourth-order valence-corrected chi connectivity index (χ4v) is 2.48. The van der Waals surface area contributed by atoms with Crippen LogP contribution in [0.2, 0.25) is 0 Å². The van der Waals surface area contributed by atoms with E-state index in [9.17, 15) is 19.2 Å². The summed E-state index contributed by atoms with van der Waals surface area (Å²) in [5, 5.41) is 11.5. The number of nitrogens with zero attached hydrogens (tertiary/aromatic N) is 2. The predicted molar refractivity (Wildman–Crippen MR) is 94.9 cm³/mol. The Labute approximate surface area is 149 Å². The SMILES string of the molecule is CC(C)[C@@H](NC(=O)Cn1c(=O)ccn(Cc2ccccc2)c1=O)C(=O)O. The number of carbonyl (C=O) groups excluding carboxylic acids is 1. The summed E-state index contributed by atoms with van der Waals surface area (Å²) in [5.41, 5.74) is -0.381. The van der Waals surface area contributed by atoms with Crippen LogP contribution in [0.25, 0.3) is 0 Å². The van der Waals surface area contributed by atoms with Crippen molar-refractivity contribution in [2.45, 2.75) is 33.0 Å². The molecule has 2 rings (SSSR count). The van der Waals surface area contributed by atoms with Crippen LogP contribution in [0.4, 0.5) is 0 Å². The molecule has 8 heteroatoms. The molecule has 0 aliphatic carbocycles. The number of carboxylic acids is 1. The molecule has 0 radical (unpaired) electrons. The third-order valence-corrected chi connectivity index (χ3v) is 3.89. The lowest BCUT2D eigenvalue weighted by molar-refractivity contribution is -0.143. The normalized spacial score (nSPS) is 12.0. The van der Waals surface area contributed by atoms with E-state index in [1.165, 1.54) is 16.8 Å². The minimum absolute atomic E-state index is 0.255. The van der Waals surface area contributed by atoms with Crippen molar-refractivity contribution >= 4 is 11.9 Å². The number of hydrogen-bond acceptors (Lipinski definition) is 4. The van der Waals surface area contributed by atoms with Crippen molar-refractivity contribution < 1.29 is 14.7 Å². The Balaban J connectivity index is 2.22. The number of aromatic nitrogens is 2. The fourth-order valence-electron chi connectivity index (χ4n) is 2.48. The summed E-state index contributed by atoms with van der Waals surface area (Å²) >= 11 is 0. The van der Waals surface area contributed by atoms with Crippen molar-refractivity contribution in [2.24, 2.45) is 5.92 Å². The van der Waals surface area contributed by atoms with E-state index >= 15 is 0 Å². The van der Waals surface area contributed by atoms with Crippen molar-refractivity contribution in [1.82, 2.24) is 14.5 Å². The van der Waals surface area contributed by atoms with Gasteiger partial charge in [-0.1, -0.05) is 44.2 Å². The second-order valence-corrected chi connectivity index (χ2v) is 6.26. The highest BCUT2D eigenvalue weighted by Crippen LogP contribution is 2.02. The summed E-state index contributed by atoms with van der Waals surface area (Å²) < 4.78 is 2.11. The third kappa shape index (κ3) is 4.69. The average Bonchev–Trinajstić information content (AvgIpc) is 2.59. The highest BCUT2D eigenvalue weighted by Gasteiger charge is 2.24. The van der Waals surface area contributed by atoms with Crippen LogP contribution in [-0.4, -0.2) is 32.2 Å². The van der Waals surface area contributed by atoms with E-state index in [0.717, 1.165) is 10.1 Å². The fraction of sp³-hybridized carbons (Fsp3) is 0.333. The Kier molecular flexibility index (Phi) is 6.11. The number of nitrogens with one attached hydrogen (secondary N) is 1. The molecule has 1 aromatic heterocycles. The standard InChI is InChI=1S/C18H21N3O5/c1-12(2)16(17(24)25)19-14(22)11-21-15(23)8-9-20(18(21)26)10-13-6-4-3-5-7-13/h3-9,12,16H,10-11H2,1-2H3,(H,19,22)(H,24,25)/t16-/m1/s1. The molecule has 0 spiro atoms. The summed E-state index contributed by atoms with van der Waals surface area (Å²) in [4.78, 5) is 47.8. The van der Waals surface area contributed by atoms with E-state index in [-0.39, 0.29) is 12.5 Å². The minimum Gasteiger partial charge on any atom is -0.480 e.